The van der Waals surface area contributed by atoms with Gasteiger partial charge in [-0.3, -0.25) is 9.59 Å². The Hall–Kier alpha value is -7.93. The van der Waals surface area contributed by atoms with Crippen LogP contribution < -0.4 is 40.2 Å². The number of anilines is 2. The van der Waals surface area contributed by atoms with Crippen molar-refractivity contribution in [3.05, 3.63) is 84.7 Å². The molecule has 4 amide bonds. The second kappa shape index (κ2) is 34.5. The SMILES string of the molecule is C[C@@H]1[C@@H]2CN(C(=O)[C@H](C(C)(C)C)NC(=O)O[C@@H]3CC4CC4[C@H]3CCCCCc3nc4ccc(OCCNc5ncccn5)cc4nc3O2)[C@@H]1[C-]=O.C[C@@H]1[C@@H]2CN(C(=O)[C@H](C(C)(C)C)NC(=O)O[C@]3(C)CCC[C@H]3CCCCCc3nc4ccc(OCCNc5ncccn5)cc4nc3O2)[C@@H]1[C-]=O.[V].[V]. The maximum atomic E-state index is 14.2. The number of hydrogen-bond donors (Lipinski definition) is 4. The van der Waals surface area contributed by atoms with Gasteiger partial charge in [-0.1, -0.05) is 93.2 Å². The molecule has 2 radical (unpaired) electrons. The molecule has 4 N–H and O–H groups in total. The Bertz CT molecular complexity index is 3810. The van der Waals surface area contributed by atoms with Crippen molar-refractivity contribution in [1.29, 1.82) is 0 Å². The Morgan fingerprint density at radius 3 is 1.52 bits per heavy atom. The van der Waals surface area contributed by atoms with Crippen molar-refractivity contribution >= 4 is 70.5 Å². The van der Waals surface area contributed by atoms with Gasteiger partial charge in [0.2, 0.25) is 35.5 Å². The molecule has 3 saturated carbocycles. The summed E-state index contributed by atoms with van der Waals surface area (Å²) in [5.41, 5.74) is 2.25. The van der Waals surface area contributed by atoms with Gasteiger partial charge in [-0.25, -0.2) is 62.0 Å². The second-order valence-corrected chi connectivity index (χ2v) is 31.0. The van der Waals surface area contributed by atoms with Crippen LogP contribution in [0, 0.1) is 46.3 Å². The van der Waals surface area contributed by atoms with Gasteiger partial charge >= 0.3 is 12.2 Å². The van der Waals surface area contributed by atoms with Crippen molar-refractivity contribution in [3.63, 3.8) is 0 Å². The molecular weight excluding hydrogens is 1400 g/mol. The van der Waals surface area contributed by atoms with E-state index in [2.05, 4.69) is 53.8 Å². The zero-order chi connectivity index (χ0) is 71.9. The molecule has 0 spiro atoms. The van der Waals surface area contributed by atoms with E-state index >= 15 is 0 Å². The number of nitrogens with zero attached hydrogens (tertiary/aromatic N) is 10. The molecule has 6 aromatic rings. The molecule has 3 aliphatic carbocycles. The van der Waals surface area contributed by atoms with Gasteiger partial charge in [0.1, 0.15) is 72.1 Å². The Kier molecular flexibility index (Phi) is 26.1. The first-order valence-electron chi connectivity index (χ1n) is 36.6. The molecule has 14 atom stereocenters. The summed E-state index contributed by atoms with van der Waals surface area (Å²) < 4.78 is 37.4. The van der Waals surface area contributed by atoms with E-state index in [1.165, 1.54) is 16.2 Å². The zero-order valence-corrected chi connectivity index (χ0v) is 63.8. The molecular formula is C76H98N14O12V2-2. The van der Waals surface area contributed by atoms with Gasteiger partial charge in [0.15, 0.2) is 0 Å². The maximum absolute atomic E-state index is 14.2. The topological polar surface area (TPSA) is 316 Å². The van der Waals surface area contributed by atoms with E-state index < -0.39 is 65.0 Å². The fourth-order valence-electron chi connectivity index (χ4n) is 15.7. The van der Waals surface area contributed by atoms with Crippen LogP contribution in [0.15, 0.2) is 73.3 Å². The number of rotatable bonds is 12. The van der Waals surface area contributed by atoms with Crippen LogP contribution in [0.3, 0.4) is 0 Å². The molecule has 26 nitrogen and oxygen atoms in total. The van der Waals surface area contributed by atoms with E-state index in [1.807, 2.05) is 98.7 Å². The largest absolute Gasteiger partial charge is 0.540 e. The smallest absolute Gasteiger partial charge is 0.408 e. The average molecular weight is 1500 g/mol. The normalized spacial score (nSPS) is 28.1. The minimum atomic E-state index is -0.931. The Morgan fingerprint density at radius 1 is 0.567 bits per heavy atom. The number of nitrogens with one attached hydrogen (secondary N) is 4. The van der Waals surface area contributed by atoms with Crippen LogP contribution in [-0.4, -0.2) is 174 Å². The summed E-state index contributed by atoms with van der Waals surface area (Å²) >= 11 is 0. The Balaban J connectivity index is 0.000000219. The van der Waals surface area contributed by atoms with Gasteiger partial charge in [-0.2, -0.15) is 0 Å². The average Bonchev–Trinajstić information content (AvgIpc) is 1.59. The molecule has 2 aromatic carbocycles. The van der Waals surface area contributed by atoms with Crippen LogP contribution in [0.1, 0.15) is 157 Å². The first-order valence-corrected chi connectivity index (χ1v) is 36.6. The van der Waals surface area contributed by atoms with Crippen molar-refractivity contribution in [3.8, 4) is 23.3 Å². The third-order valence-electron chi connectivity index (χ3n) is 21.6. The first-order chi connectivity index (χ1) is 49.0. The molecule has 4 aromatic heterocycles. The number of hydrogen-bond acceptors (Lipinski definition) is 22. The van der Waals surface area contributed by atoms with Crippen LogP contribution in [0.5, 0.6) is 23.3 Å². The summed E-state index contributed by atoms with van der Waals surface area (Å²) in [7, 11) is 0. The van der Waals surface area contributed by atoms with Crippen molar-refractivity contribution in [2.24, 2.45) is 46.3 Å². The molecule has 4 aliphatic heterocycles. The minimum Gasteiger partial charge on any atom is -0.540 e. The van der Waals surface area contributed by atoms with E-state index in [0.29, 0.717) is 103 Å². The van der Waals surface area contributed by atoms with Gasteiger partial charge in [0.05, 0.1) is 48.2 Å². The van der Waals surface area contributed by atoms with Gasteiger partial charge < -0.3 is 69.1 Å². The maximum Gasteiger partial charge on any atom is 0.408 e. The number of amides is 4. The van der Waals surface area contributed by atoms with E-state index in [9.17, 15) is 28.8 Å². The molecule has 2 unspecified atom stereocenters. The number of ether oxygens (including phenoxy) is 6. The predicted octanol–water partition coefficient (Wildman–Crippen LogP) is 10.3. The zero-order valence-electron chi connectivity index (χ0n) is 61.0. The third kappa shape index (κ3) is 18.8. The second-order valence-electron chi connectivity index (χ2n) is 31.0. The van der Waals surface area contributed by atoms with E-state index in [0.717, 1.165) is 99.5 Å². The molecule has 556 valence electrons. The number of fused-ring (bicyclic) bond motifs is 12. The van der Waals surface area contributed by atoms with Crippen LogP contribution >= 0.6 is 0 Å². The summed E-state index contributed by atoms with van der Waals surface area (Å²) in [5, 5.41) is 12.0. The fourth-order valence-corrected chi connectivity index (χ4v) is 15.7. The molecule has 28 heteroatoms. The number of alkyl carbamates (subject to hydrolysis) is 2. The summed E-state index contributed by atoms with van der Waals surface area (Å²) in [6.07, 6.45) is 22.3. The molecule has 8 heterocycles. The molecule has 4 bridgehead atoms. The summed E-state index contributed by atoms with van der Waals surface area (Å²) in [4.78, 5) is 120. The summed E-state index contributed by atoms with van der Waals surface area (Å²) in [6.45, 7) is 19.2. The standard InChI is InChI=1S/C38H48N7O6.C38H50N7O6.2V/c1-22-30(21-46)45-20-32(22)50-34-28(42-27-12-11-24(19-29(27)43-34)49-16-15-41-36-39-13-8-14-40-36)10-7-5-6-9-25-26-17-23(26)18-31(25)51-37(48)44-33(35(45)47)38(2,3)4;1-24-30(23-46)45-22-31(24)50-33-28(42-27-15-14-26(21-29(27)43-33)49-20-19-41-35-39-17-10-18-40-35)13-8-6-7-11-25-12-9-16-38(25,5)51-36(48)44-32(34(45)47)37(2,3)4;;/h8,11-14,19,22-23,25-26,30-33H,5-7,9-10,15-18,20H2,1-4H3,(H,44,48)(H,39,40,41);10,14-15,17-18,21,24-25,30-32H,6-9,11-13,16,19-20,22H2,1-5H3,(H,44,48)(H,39,40,41);;/q2*-1;;/t22-,23?,25+,26?,30+,31+,32-,33+;24-,25+,30+,31-,32+,38+;;/m00../s1. The molecule has 2 saturated heterocycles. The van der Waals surface area contributed by atoms with Crippen molar-refractivity contribution in [1.82, 2.24) is 60.3 Å². The van der Waals surface area contributed by atoms with Gasteiger partial charge in [-0.15, -0.1) is 0 Å². The van der Waals surface area contributed by atoms with Crippen LogP contribution in [0.4, 0.5) is 21.5 Å². The number of carbonyl (C=O) groups is 4. The Labute approximate surface area is 632 Å². The Morgan fingerprint density at radius 2 is 1.04 bits per heavy atom. The van der Waals surface area contributed by atoms with E-state index in [1.54, 1.807) is 36.9 Å². The number of aromatic nitrogens is 8. The predicted molar refractivity (Wildman–Crippen MR) is 380 cm³/mol. The van der Waals surface area contributed by atoms with Crippen LogP contribution in [-0.2, 0) is 78.6 Å². The van der Waals surface area contributed by atoms with E-state index in [4.69, 9.17) is 48.4 Å². The van der Waals surface area contributed by atoms with Gasteiger partial charge in [0, 0.05) is 74.0 Å². The molecule has 104 heavy (non-hydrogen) atoms. The molecule has 13 rings (SSSR count). The van der Waals surface area contributed by atoms with Crippen molar-refractivity contribution in [2.75, 3.05) is 50.0 Å². The first kappa shape index (κ1) is 78.7. The fraction of sp³-hybridized carbons (Fsp3) is 0.605. The van der Waals surface area contributed by atoms with Crippen molar-refractivity contribution < 1.29 is 94.3 Å². The number of aryl methyl sites for hydroxylation is 2. The number of benzene rings is 2. The van der Waals surface area contributed by atoms with Crippen molar-refractivity contribution in [2.45, 2.75) is 207 Å². The van der Waals surface area contributed by atoms with Crippen LogP contribution in [0.2, 0.25) is 0 Å². The minimum absolute atomic E-state index is 0. The van der Waals surface area contributed by atoms with Crippen LogP contribution in [0.25, 0.3) is 22.1 Å². The molecule has 7 aliphatic rings. The third-order valence-corrected chi connectivity index (χ3v) is 21.6. The summed E-state index contributed by atoms with van der Waals surface area (Å²) in [5.74, 6) is 3.39. The number of carbonyl (C=O) groups excluding carboxylic acids is 6. The van der Waals surface area contributed by atoms with Gasteiger partial charge in [-0.05, 0) is 160 Å². The monoisotopic (exact) mass is 1500 g/mol. The van der Waals surface area contributed by atoms with Gasteiger partial charge in [0.25, 0.3) is 0 Å². The summed E-state index contributed by atoms with van der Waals surface area (Å²) in [6, 6.07) is 11.2. The van der Waals surface area contributed by atoms with E-state index in [-0.39, 0.29) is 85.9 Å². The molecule has 5 fully saturated rings. The quantitative estimate of drug-likeness (QED) is 0.0653.